The van der Waals surface area contributed by atoms with Crippen LogP contribution < -0.4 is 9.64 Å². The fourth-order valence-electron chi connectivity index (χ4n) is 2.45. The highest BCUT2D eigenvalue weighted by Crippen LogP contribution is 2.35. The molecule has 1 aliphatic heterocycles. The van der Waals surface area contributed by atoms with Crippen LogP contribution in [-0.4, -0.2) is 12.0 Å². The van der Waals surface area contributed by atoms with E-state index in [0.717, 1.165) is 16.8 Å². The zero-order chi connectivity index (χ0) is 15.0. The lowest BCUT2D eigenvalue weighted by Gasteiger charge is -2.33. The molecule has 1 heterocycles. The Morgan fingerprint density at radius 2 is 1.90 bits per heavy atom. The molecule has 3 nitrogen and oxygen atoms in total. The fourth-order valence-corrected chi connectivity index (χ4v) is 2.45. The number of ether oxygens (including phenoxy) is 1. The van der Waals surface area contributed by atoms with Crippen LogP contribution >= 0.6 is 0 Å². The van der Waals surface area contributed by atoms with Gasteiger partial charge in [0, 0.05) is 0 Å². The van der Waals surface area contributed by atoms with E-state index < -0.39 is 6.10 Å². The van der Waals surface area contributed by atoms with Gasteiger partial charge in [-0.3, -0.25) is 4.79 Å². The summed E-state index contributed by atoms with van der Waals surface area (Å²) in [7, 11) is 0. The number of amides is 1. The summed E-state index contributed by atoms with van der Waals surface area (Å²) >= 11 is 0. The fraction of sp³-hybridized carbons (Fsp3) is 0.235. The molecule has 21 heavy (non-hydrogen) atoms. The number of carbonyl (C=O) groups excluding carboxylic acids is 1. The van der Waals surface area contributed by atoms with Gasteiger partial charge < -0.3 is 9.64 Å². The van der Waals surface area contributed by atoms with Gasteiger partial charge in [0.15, 0.2) is 6.10 Å². The first-order chi connectivity index (χ1) is 10.0. The van der Waals surface area contributed by atoms with E-state index in [1.54, 1.807) is 24.0 Å². The van der Waals surface area contributed by atoms with Crippen molar-refractivity contribution in [3.05, 3.63) is 59.4 Å². The van der Waals surface area contributed by atoms with Gasteiger partial charge in [0.25, 0.3) is 5.91 Å². The maximum absolute atomic E-state index is 13.0. The van der Waals surface area contributed by atoms with Gasteiger partial charge in [-0.15, -0.1) is 0 Å². The van der Waals surface area contributed by atoms with Crippen LogP contribution in [0.5, 0.6) is 5.75 Å². The topological polar surface area (TPSA) is 29.5 Å². The van der Waals surface area contributed by atoms with Crippen LogP contribution in [-0.2, 0) is 11.3 Å². The zero-order valence-electron chi connectivity index (χ0n) is 12.0. The summed E-state index contributed by atoms with van der Waals surface area (Å²) in [5.41, 5.74) is 2.71. The smallest absolute Gasteiger partial charge is 0.268 e. The van der Waals surface area contributed by atoms with Gasteiger partial charge in [0.1, 0.15) is 11.6 Å². The molecule has 0 fully saturated rings. The van der Waals surface area contributed by atoms with Gasteiger partial charge in [0.05, 0.1) is 12.2 Å². The summed E-state index contributed by atoms with van der Waals surface area (Å²) in [6.07, 6.45) is -0.513. The Hall–Kier alpha value is -2.36. The van der Waals surface area contributed by atoms with E-state index in [-0.39, 0.29) is 11.7 Å². The number of rotatable bonds is 2. The summed E-state index contributed by atoms with van der Waals surface area (Å²) in [6, 6.07) is 12.0. The van der Waals surface area contributed by atoms with Crippen molar-refractivity contribution in [2.45, 2.75) is 26.5 Å². The molecule has 0 saturated heterocycles. The van der Waals surface area contributed by atoms with Crippen molar-refractivity contribution in [3.8, 4) is 5.75 Å². The second-order valence-electron chi connectivity index (χ2n) is 5.28. The van der Waals surface area contributed by atoms with Crippen molar-refractivity contribution in [2.75, 3.05) is 4.90 Å². The molecule has 0 aromatic heterocycles. The van der Waals surface area contributed by atoms with E-state index in [2.05, 4.69) is 0 Å². The summed E-state index contributed by atoms with van der Waals surface area (Å²) in [4.78, 5) is 14.1. The largest absolute Gasteiger partial charge is 0.479 e. The number of halogens is 1. The summed E-state index contributed by atoms with van der Waals surface area (Å²) in [5.74, 6) is 0.337. The number of aryl methyl sites for hydroxylation is 1. The SMILES string of the molecule is Cc1ccc2c(c1)N(Cc1ccc(F)cc1)C(=O)C(C)O2. The number of carbonyl (C=O) groups is 1. The molecule has 0 aliphatic carbocycles. The van der Waals surface area contributed by atoms with Crippen LogP contribution in [0, 0.1) is 12.7 Å². The van der Waals surface area contributed by atoms with Crippen LogP contribution in [0.4, 0.5) is 10.1 Å². The van der Waals surface area contributed by atoms with Crippen molar-refractivity contribution in [2.24, 2.45) is 0 Å². The van der Waals surface area contributed by atoms with Gasteiger partial charge in [0.2, 0.25) is 0 Å². The van der Waals surface area contributed by atoms with Crippen LogP contribution in [0.15, 0.2) is 42.5 Å². The van der Waals surface area contributed by atoms with Gasteiger partial charge >= 0.3 is 0 Å². The lowest BCUT2D eigenvalue weighted by molar-refractivity contribution is -0.125. The van der Waals surface area contributed by atoms with Gasteiger partial charge in [-0.05, 0) is 49.2 Å². The zero-order valence-corrected chi connectivity index (χ0v) is 12.0. The Kier molecular flexibility index (Phi) is 3.37. The van der Waals surface area contributed by atoms with Crippen molar-refractivity contribution < 1.29 is 13.9 Å². The third-order valence-corrected chi connectivity index (χ3v) is 3.58. The molecule has 0 bridgehead atoms. The van der Waals surface area contributed by atoms with Crippen molar-refractivity contribution >= 4 is 11.6 Å². The molecule has 1 aliphatic rings. The average molecular weight is 285 g/mol. The van der Waals surface area contributed by atoms with Crippen molar-refractivity contribution in [1.82, 2.24) is 0 Å². The number of hydrogen-bond donors (Lipinski definition) is 0. The van der Waals surface area contributed by atoms with E-state index in [1.807, 2.05) is 25.1 Å². The van der Waals surface area contributed by atoms with Crippen LogP contribution in [0.1, 0.15) is 18.1 Å². The average Bonchev–Trinajstić information content (AvgIpc) is 2.47. The molecule has 108 valence electrons. The number of fused-ring (bicyclic) bond motifs is 1. The van der Waals surface area contributed by atoms with E-state index in [0.29, 0.717) is 12.3 Å². The summed E-state index contributed by atoms with van der Waals surface area (Å²) < 4.78 is 18.6. The highest BCUT2D eigenvalue weighted by molar-refractivity contribution is 5.99. The Balaban J connectivity index is 1.98. The predicted octanol–water partition coefficient (Wildman–Crippen LogP) is 3.45. The predicted molar refractivity (Wildman–Crippen MR) is 78.9 cm³/mol. The van der Waals surface area contributed by atoms with E-state index in [4.69, 9.17) is 4.74 Å². The number of hydrogen-bond acceptors (Lipinski definition) is 2. The molecule has 2 aromatic rings. The first-order valence-electron chi connectivity index (χ1n) is 6.88. The molecule has 1 atom stereocenters. The molecule has 0 saturated carbocycles. The molecule has 1 amide bonds. The van der Waals surface area contributed by atoms with Gasteiger partial charge in [-0.1, -0.05) is 18.2 Å². The lowest BCUT2D eigenvalue weighted by atomic mass is 10.1. The van der Waals surface area contributed by atoms with E-state index >= 15 is 0 Å². The molecule has 2 aromatic carbocycles. The van der Waals surface area contributed by atoms with Gasteiger partial charge in [-0.2, -0.15) is 0 Å². The quantitative estimate of drug-likeness (QED) is 0.846. The monoisotopic (exact) mass is 285 g/mol. The third-order valence-electron chi connectivity index (χ3n) is 3.58. The van der Waals surface area contributed by atoms with Crippen LogP contribution in [0.3, 0.4) is 0 Å². The number of anilines is 1. The molecule has 0 radical (unpaired) electrons. The molecule has 0 N–H and O–H groups in total. The van der Waals surface area contributed by atoms with Gasteiger partial charge in [-0.25, -0.2) is 4.39 Å². The van der Waals surface area contributed by atoms with Crippen LogP contribution in [0.2, 0.25) is 0 Å². The number of benzene rings is 2. The molecule has 4 heteroatoms. The standard InChI is InChI=1S/C17H16FNO2/c1-11-3-8-16-15(9-11)19(17(20)12(2)21-16)10-13-4-6-14(18)7-5-13/h3-9,12H,10H2,1-2H3. The minimum Gasteiger partial charge on any atom is -0.479 e. The summed E-state index contributed by atoms with van der Waals surface area (Å²) in [6.45, 7) is 4.12. The minimum atomic E-state index is -0.513. The Labute approximate surface area is 123 Å². The minimum absolute atomic E-state index is 0.0857. The first-order valence-corrected chi connectivity index (χ1v) is 6.88. The number of nitrogens with zero attached hydrogens (tertiary/aromatic N) is 1. The Morgan fingerprint density at radius 3 is 2.62 bits per heavy atom. The van der Waals surface area contributed by atoms with E-state index in [1.165, 1.54) is 12.1 Å². The van der Waals surface area contributed by atoms with Crippen LogP contribution in [0.25, 0.3) is 0 Å². The molecular formula is C17H16FNO2. The normalized spacial score (nSPS) is 17.4. The highest BCUT2D eigenvalue weighted by atomic mass is 19.1. The molecular weight excluding hydrogens is 269 g/mol. The molecule has 1 unspecified atom stereocenters. The second-order valence-corrected chi connectivity index (χ2v) is 5.28. The molecule has 0 spiro atoms. The maximum atomic E-state index is 13.0. The second kappa shape index (κ2) is 5.20. The lowest BCUT2D eigenvalue weighted by Crippen LogP contribution is -2.44. The van der Waals surface area contributed by atoms with Crippen molar-refractivity contribution in [3.63, 3.8) is 0 Å². The van der Waals surface area contributed by atoms with E-state index in [9.17, 15) is 9.18 Å². The molecule has 3 rings (SSSR count). The highest BCUT2D eigenvalue weighted by Gasteiger charge is 2.31. The van der Waals surface area contributed by atoms with Crippen molar-refractivity contribution in [1.29, 1.82) is 0 Å². The Bertz CT molecular complexity index is 682. The maximum Gasteiger partial charge on any atom is 0.268 e. The first kappa shape index (κ1) is 13.6. The Morgan fingerprint density at radius 1 is 1.19 bits per heavy atom. The summed E-state index contributed by atoms with van der Waals surface area (Å²) in [5, 5.41) is 0. The third kappa shape index (κ3) is 2.61.